The quantitative estimate of drug-likeness (QED) is 0.845. The number of ether oxygens (including phenoxy) is 2. The predicted molar refractivity (Wildman–Crippen MR) is 65.8 cm³/mol. The molecular weight excluding hydrogens is 274 g/mol. The van der Waals surface area contributed by atoms with Gasteiger partial charge in [0.15, 0.2) is 0 Å². The standard InChI is InChI=1S/C11H14BrNO3/c1-3-16-11(14)7-13-9-6-8(12)4-5-10(9)15-2/h4-6,13H,3,7H2,1-2H3. The number of carbonyl (C=O) groups is 1. The molecule has 1 rings (SSSR count). The number of nitrogens with one attached hydrogen (secondary N) is 1. The Labute approximate surface area is 103 Å². The molecule has 0 saturated heterocycles. The summed E-state index contributed by atoms with van der Waals surface area (Å²) in [4.78, 5) is 11.2. The van der Waals surface area contributed by atoms with Gasteiger partial charge in [0, 0.05) is 4.47 Å². The average molecular weight is 288 g/mol. The van der Waals surface area contributed by atoms with Gasteiger partial charge in [-0.3, -0.25) is 4.79 Å². The molecule has 4 nitrogen and oxygen atoms in total. The van der Waals surface area contributed by atoms with Crippen LogP contribution in [0.5, 0.6) is 5.75 Å². The first-order chi connectivity index (χ1) is 7.67. The van der Waals surface area contributed by atoms with Crippen LogP contribution in [0.25, 0.3) is 0 Å². The lowest BCUT2D eigenvalue weighted by Crippen LogP contribution is -2.17. The summed E-state index contributed by atoms with van der Waals surface area (Å²) >= 11 is 3.35. The highest BCUT2D eigenvalue weighted by Gasteiger charge is 2.06. The summed E-state index contributed by atoms with van der Waals surface area (Å²) in [5.41, 5.74) is 0.755. The van der Waals surface area contributed by atoms with Crippen LogP contribution >= 0.6 is 15.9 Å². The minimum atomic E-state index is -0.287. The Bertz CT molecular complexity index is 368. The van der Waals surface area contributed by atoms with Crippen LogP contribution in [-0.4, -0.2) is 26.2 Å². The number of anilines is 1. The Hall–Kier alpha value is -1.23. The first kappa shape index (κ1) is 12.8. The molecule has 0 bridgehead atoms. The Morgan fingerprint density at radius 2 is 2.25 bits per heavy atom. The van der Waals surface area contributed by atoms with Crippen molar-refractivity contribution in [2.45, 2.75) is 6.92 Å². The molecule has 0 aliphatic rings. The molecule has 0 radical (unpaired) electrons. The van der Waals surface area contributed by atoms with E-state index in [0.29, 0.717) is 12.4 Å². The second kappa shape index (κ2) is 6.37. The molecule has 5 heteroatoms. The Balaban J connectivity index is 2.65. The van der Waals surface area contributed by atoms with Gasteiger partial charge in [0.25, 0.3) is 0 Å². The molecule has 1 aromatic rings. The van der Waals surface area contributed by atoms with Crippen LogP contribution in [0.15, 0.2) is 22.7 Å². The fourth-order valence-corrected chi connectivity index (χ4v) is 1.56. The number of esters is 1. The first-order valence-electron chi connectivity index (χ1n) is 4.90. The molecule has 0 aliphatic heterocycles. The van der Waals surface area contributed by atoms with Crippen molar-refractivity contribution < 1.29 is 14.3 Å². The van der Waals surface area contributed by atoms with Gasteiger partial charge < -0.3 is 14.8 Å². The van der Waals surface area contributed by atoms with Gasteiger partial charge in [-0.15, -0.1) is 0 Å². The SMILES string of the molecule is CCOC(=O)CNc1cc(Br)ccc1OC. The third kappa shape index (κ3) is 3.73. The topological polar surface area (TPSA) is 47.6 Å². The third-order valence-electron chi connectivity index (χ3n) is 1.89. The highest BCUT2D eigenvalue weighted by atomic mass is 79.9. The Morgan fingerprint density at radius 3 is 2.88 bits per heavy atom. The Kier molecular flexibility index (Phi) is 5.11. The van der Waals surface area contributed by atoms with Crippen LogP contribution in [0.3, 0.4) is 0 Å². The zero-order chi connectivity index (χ0) is 12.0. The minimum absolute atomic E-state index is 0.126. The molecule has 88 valence electrons. The van der Waals surface area contributed by atoms with Crippen LogP contribution in [0, 0.1) is 0 Å². The van der Waals surface area contributed by atoms with Gasteiger partial charge >= 0.3 is 5.97 Å². The predicted octanol–water partition coefficient (Wildman–Crippen LogP) is 2.43. The van der Waals surface area contributed by atoms with Gasteiger partial charge in [0.05, 0.1) is 19.4 Å². The van der Waals surface area contributed by atoms with Gasteiger partial charge in [-0.05, 0) is 25.1 Å². The monoisotopic (exact) mass is 287 g/mol. The maximum atomic E-state index is 11.2. The van der Waals surface area contributed by atoms with Crippen LogP contribution in [0.4, 0.5) is 5.69 Å². The number of hydrogen-bond acceptors (Lipinski definition) is 4. The number of carbonyl (C=O) groups excluding carboxylic acids is 1. The molecular formula is C11H14BrNO3. The van der Waals surface area contributed by atoms with Gasteiger partial charge in [0.2, 0.25) is 0 Å². The van der Waals surface area contributed by atoms with Gasteiger partial charge in [-0.2, -0.15) is 0 Å². The number of benzene rings is 1. The summed E-state index contributed by atoms with van der Waals surface area (Å²) in [6.07, 6.45) is 0. The van der Waals surface area contributed by atoms with Crippen molar-refractivity contribution in [3.63, 3.8) is 0 Å². The van der Waals surface area contributed by atoms with E-state index in [4.69, 9.17) is 9.47 Å². The molecule has 0 unspecified atom stereocenters. The molecule has 0 aliphatic carbocycles. The van der Waals surface area contributed by atoms with Crippen molar-refractivity contribution in [3.8, 4) is 5.75 Å². The smallest absolute Gasteiger partial charge is 0.325 e. The van der Waals surface area contributed by atoms with Crippen LogP contribution in [0.1, 0.15) is 6.92 Å². The molecule has 1 N–H and O–H groups in total. The van der Waals surface area contributed by atoms with Crippen LogP contribution in [-0.2, 0) is 9.53 Å². The number of methoxy groups -OCH3 is 1. The van der Waals surface area contributed by atoms with E-state index in [1.165, 1.54) is 0 Å². The second-order valence-electron chi connectivity index (χ2n) is 3.00. The maximum Gasteiger partial charge on any atom is 0.325 e. The van der Waals surface area contributed by atoms with Crippen molar-refractivity contribution in [2.24, 2.45) is 0 Å². The van der Waals surface area contributed by atoms with Gasteiger partial charge in [-0.25, -0.2) is 0 Å². The van der Waals surface area contributed by atoms with Crippen molar-refractivity contribution in [1.82, 2.24) is 0 Å². The highest BCUT2D eigenvalue weighted by molar-refractivity contribution is 9.10. The summed E-state index contributed by atoms with van der Waals surface area (Å²) in [6, 6.07) is 5.53. The minimum Gasteiger partial charge on any atom is -0.495 e. The zero-order valence-electron chi connectivity index (χ0n) is 9.25. The highest BCUT2D eigenvalue weighted by Crippen LogP contribution is 2.27. The molecule has 0 amide bonds. The summed E-state index contributed by atoms with van der Waals surface area (Å²) in [5, 5.41) is 2.96. The molecule has 0 heterocycles. The first-order valence-corrected chi connectivity index (χ1v) is 5.69. The van der Waals surface area contributed by atoms with E-state index in [1.807, 2.05) is 18.2 Å². The van der Waals surface area contributed by atoms with E-state index in [-0.39, 0.29) is 12.5 Å². The van der Waals surface area contributed by atoms with Crippen LogP contribution < -0.4 is 10.1 Å². The van der Waals surface area contributed by atoms with E-state index < -0.39 is 0 Å². The Morgan fingerprint density at radius 1 is 1.50 bits per heavy atom. The van der Waals surface area contributed by atoms with E-state index in [2.05, 4.69) is 21.2 Å². The van der Waals surface area contributed by atoms with Crippen molar-refractivity contribution in [2.75, 3.05) is 25.6 Å². The molecule has 0 spiro atoms. The fourth-order valence-electron chi connectivity index (χ4n) is 1.20. The summed E-state index contributed by atoms with van der Waals surface area (Å²) in [6.45, 7) is 2.29. The number of hydrogen-bond donors (Lipinski definition) is 1. The van der Waals surface area contributed by atoms with Gasteiger partial charge in [-0.1, -0.05) is 15.9 Å². The van der Waals surface area contributed by atoms with Crippen LogP contribution in [0.2, 0.25) is 0 Å². The normalized spacial score (nSPS) is 9.69. The van der Waals surface area contributed by atoms with Crippen molar-refractivity contribution in [1.29, 1.82) is 0 Å². The molecule has 0 aromatic heterocycles. The van der Waals surface area contributed by atoms with E-state index in [9.17, 15) is 4.79 Å². The number of rotatable bonds is 5. The summed E-state index contributed by atoms with van der Waals surface area (Å²) in [5.74, 6) is 0.400. The van der Waals surface area contributed by atoms with E-state index >= 15 is 0 Å². The van der Waals surface area contributed by atoms with E-state index in [0.717, 1.165) is 10.2 Å². The molecule has 1 aromatic carbocycles. The van der Waals surface area contributed by atoms with Crippen molar-refractivity contribution >= 4 is 27.6 Å². The zero-order valence-corrected chi connectivity index (χ0v) is 10.8. The van der Waals surface area contributed by atoms with Gasteiger partial charge in [0.1, 0.15) is 12.3 Å². The molecule has 0 saturated carbocycles. The molecule has 16 heavy (non-hydrogen) atoms. The lowest BCUT2D eigenvalue weighted by molar-refractivity contribution is -0.140. The fraction of sp³-hybridized carbons (Fsp3) is 0.364. The largest absolute Gasteiger partial charge is 0.495 e. The lowest BCUT2D eigenvalue weighted by Gasteiger charge is -2.10. The number of halogens is 1. The van der Waals surface area contributed by atoms with Crippen molar-refractivity contribution in [3.05, 3.63) is 22.7 Å². The van der Waals surface area contributed by atoms with E-state index in [1.54, 1.807) is 14.0 Å². The summed E-state index contributed by atoms with van der Waals surface area (Å²) in [7, 11) is 1.58. The molecule has 0 fully saturated rings. The molecule has 0 atom stereocenters. The summed E-state index contributed by atoms with van der Waals surface area (Å²) < 4.78 is 10.9. The lowest BCUT2D eigenvalue weighted by atomic mass is 10.3. The second-order valence-corrected chi connectivity index (χ2v) is 3.92. The third-order valence-corrected chi connectivity index (χ3v) is 2.38. The average Bonchev–Trinajstić information content (AvgIpc) is 2.27. The maximum absolute atomic E-state index is 11.2.